The van der Waals surface area contributed by atoms with E-state index in [4.69, 9.17) is 16.6 Å². The quantitative estimate of drug-likeness (QED) is 0.521. The molecule has 0 saturated heterocycles. The van der Waals surface area contributed by atoms with Crippen LogP contribution < -0.4 is 15.4 Å². The number of para-hydroxylation sites is 2. The Bertz CT molecular complexity index is 1520. The summed E-state index contributed by atoms with van der Waals surface area (Å²) in [7, 11) is 0. The van der Waals surface area contributed by atoms with Gasteiger partial charge in [-0.3, -0.25) is 9.36 Å². The Kier molecular flexibility index (Phi) is 4.81. The van der Waals surface area contributed by atoms with Crippen LogP contribution in [-0.4, -0.2) is 15.6 Å². The van der Waals surface area contributed by atoms with Crippen LogP contribution in [0.15, 0.2) is 82.8 Å². The van der Waals surface area contributed by atoms with Gasteiger partial charge in [0.05, 0.1) is 22.3 Å². The zero-order chi connectivity index (χ0) is 21.5. The molecule has 3 aromatic carbocycles. The lowest BCUT2D eigenvalue weighted by Crippen LogP contribution is -2.26. The maximum Gasteiger partial charge on any atom is 0.279 e. The van der Waals surface area contributed by atoms with Crippen LogP contribution in [0.5, 0.6) is 5.88 Å². The number of aromatic hydroxyl groups is 1. The smallest absolute Gasteiger partial charge is 0.279 e. The Morgan fingerprint density at radius 3 is 2.39 bits per heavy atom. The molecule has 1 N–H and O–H groups in total. The van der Waals surface area contributed by atoms with Gasteiger partial charge in [-0.1, -0.05) is 65.4 Å². The number of aromatic nitrogens is 1. The third-order valence-electron chi connectivity index (χ3n) is 5.08. The predicted molar refractivity (Wildman–Crippen MR) is 121 cm³/mol. The molecule has 0 aliphatic carbocycles. The summed E-state index contributed by atoms with van der Waals surface area (Å²) in [6.45, 7) is 1.83. The Hall–Kier alpha value is -3.48. The molecule has 0 saturated carbocycles. The van der Waals surface area contributed by atoms with E-state index in [2.05, 4.69) is 4.99 Å². The number of thiazole rings is 1. The molecule has 1 amide bonds. The first kappa shape index (κ1) is 19.5. The number of benzene rings is 3. The van der Waals surface area contributed by atoms with E-state index in [0.29, 0.717) is 30.9 Å². The van der Waals surface area contributed by atoms with E-state index in [1.807, 2.05) is 67.6 Å². The number of nitrogens with zero attached hydrogens (tertiary/aromatic N) is 3. The maximum absolute atomic E-state index is 12.9. The van der Waals surface area contributed by atoms with E-state index in [9.17, 15) is 9.90 Å². The Morgan fingerprint density at radius 2 is 1.68 bits per heavy atom. The number of rotatable bonds is 3. The van der Waals surface area contributed by atoms with Crippen LogP contribution in [0.3, 0.4) is 0 Å². The molecule has 7 heteroatoms. The van der Waals surface area contributed by atoms with Crippen molar-refractivity contribution in [3.63, 3.8) is 0 Å². The molecule has 0 unspecified atom stereocenters. The van der Waals surface area contributed by atoms with Gasteiger partial charge in [0.25, 0.3) is 5.91 Å². The number of halogens is 1. The van der Waals surface area contributed by atoms with Crippen molar-refractivity contribution in [1.82, 2.24) is 4.57 Å². The Morgan fingerprint density at radius 1 is 1.00 bits per heavy atom. The highest BCUT2D eigenvalue weighted by molar-refractivity contribution is 7.11. The predicted octanol–water partition coefficient (Wildman–Crippen LogP) is 3.80. The number of hydrogen-bond donors (Lipinski definition) is 1. The molecule has 1 aliphatic rings. The van der Waals surface area contributed by atoms with Gasteiger partial charge in [-0.2, -0.15) is 0 Å². The molecular weight excluding hydrogens is 430 g/mol. The van der Waals surface area contributed by atoms with E-state index in [1.54, 1.807) is 16.7 Å². The minimum absolute atomic E-state index is 0.0510. The van der Waals surface area contributed by atoms with Crippen molar-refractivity contribution < 1.29 is 9.90 Å². The second-order valence-electron chi connectivity index (χ2n) is 7.02. The average molecular weight is 446 g/mol. The largest absolute Gasteiger partial charge is 0.493 e. The van der Waals surface area contributed by atoms with Crippen molar-refractivity contribution in [2.24, 2.45) is 9.98 Å². The van der Waals surface area contributed by atoms with Crippen LogP contribution in [0.4, 0.5) is 5.69 Å². The standard InChI is InChI=1S/C24H16ClN3O2S/c1-14-18(25)13-12-17-19(22(29)27-20(14)17)21-23(30)28(16-10-6-3-7-11-16)24(31-21)26-15-8-4-2-5-9-15/h2-13,30H,1H3. The fourth-order valence-corrected chi connectivity index (χ4v) is 4.80. The van der Waals surface area contributed by atoms with Crippen LogP contribution >= 0.6 is 22.9 Å². The van der Waals surface area contributed by atoms with Gasteiger partial charge in [-0.15, -0.1) is 0 Å². The van der Waals surface area contributed by atoms with E-state index < -0.39 is 5.91 Å². The van der Waals surface area contributed by atoms with Gasteiger partial charge in [0.1, 0.15) is 4.88 Å². The summed E-state index contributed by atoms with van der Waals surface area (Å²) in [5.74, 6) is -0.451. The fourth-order valence-electron chi connectivity index (χ4n) is 3.55. The van der Waals surface area contributed by atoms with E-state index >= 15 is 0 Å². The first-order valence-electron chi connectivity index (χ1n) is 9.57. The van der Waals surface area contributed by atoms with Gasteiger partial charge < -0.3 is 5.11 Å². The lowest BCUT2D eigenvalue weighted by atomic mass is 10.1. The van der Waals surface area contributed by atoms with Gasteiger partial charge in [-0.25, -0.2) is 9.98 Å². The highest BCUT2D eigenvalue weighted by atomic mass is 35.5. The second kappa shape index (κ2) is 7.65. The third-order valence-corrected chi connectivity index (χ3v) is 6.54. The van der Waals surface area contributed by atoms with Gasteiger partial charge in [0.15, 0.2) is 4.80 Å². The van der Waals surface area contributed by atoms with Crippen LogP contribution in [0.1, 0.15) is 10.4 Å². The van der Waals surface area contributed by atoms with Crippen molar-refractivity contribution in [3.05, 3.63) is 104 Å². The highest BCUT2D eigenvalue weighted by Crippen LogP contribution is 2.31. The molecule has 0 bridgehead atoms. The molecule has 31 heavy (non-hydrogen) atoms. The lowest BCUT2D eigenvalue weighted by Gasteiger charge is -2.05. The van der Waals surface area contributed by atoms with Crippen LogP contribution in [0, 0.1) is 6.92 Å². The highest BCUT2D eigenvalue weighted by Gasteiger charge is 2.27. The molecule has 5 nitrogen and oxygen atoms in total. The summed E-state index contributed by atoms with van der Waals surface area (Å²) in [5, 5.41) is 13.0. The minimum Gasteiger partial charge on any atom is -0.493 e. The third kappa shape index (κ3) is 3.30. The summed E-state index contributed by atoms with van der Waals surface area (Å²) < 4.78 is 1.65. The Balaban J connectivity index is 1.85. The Labute approximate surface area is 186 Å². The molecule has 152 valence electrons. The normalized spacial score (nSPS) is 13.4. The number of carbonyl (C=O) groups excluding carboxylic acids is 1. The topological polar surface area (TPSA) is 67.0 Å². The van der Waals surface area contributed by atoms with Crippen molar-refractivity contribution in [2.75, 3.05) is 0 Å². The van der Waals surface area contributed by atoms with Gasteiger partial charge in [-0.05, 0) is 42.8 Å². The van der Waals surface area contributed by atoms with Gasteiger partial charge >= 0.3 is 0 Å². The molecular formula is C24H16ClN3O2S. The SMILES string of the molecule is Cc1c(Cl)ccc2c1=NC(=O)C=2c1sc(=Nc2ccccc2)n(-c2ccccc2)c1O. The van der Waals surface area contributed by atoms with Crippen molar-refractivity contribution >= 4 is 40.1 Å². The zero-order valence-corrected chi connectivity index (χ0v) is 18.0. The molecule has 1 aliphatic heterocycles. The van der Waals surface area contributed by atoms with Crippen LogP contribution in [0.2, 0.25) is 5.02 Å². The van der Waals surface area contributed by atoms with Crippen molar-refractivity contribution in [2.45, 2.75) is 6.92 Å². The number of carbonyl (C=O) groups is 1. The van der Waals surface area contributed by atoms with E-state index in [0.717, 1.165) is 16.9 Å². The summed E-state index contributed by atoms with van der Waals surface area (Å²) in [4.78, 5) is 22.8. The second-order valence-corrected chi connectivity index (χ2v) is 8.40. The van der Waals surface area contributed by atoms with Gasteiger partial charge in [0.2, 0.25) is 5.88 Å². The zero-order valence-electron chi connectivity index (χ0n) is 16.4. The number of hydrogen-bond acceptors (Lipinski definition) is 4. The summed E-state index contributed by atoms with van der Waals surface area (Å²) >= 11 is 7.46. The first-order chi connectivity index (χ1) is 15.0. The van der Waals surface area contributed by atoms with Crippen LogP contribution in [0.25, 0.3) is 11.3 Å². The molecule has 4 aromatic rings. The first-order valence-corrected chi connectivity index (χ1v) is 10.8. The monoisotopic (exact) mass is 445 g/mol. The molecule has 0 fully saturated rings. The van der Waals surface area contributed by atoms with Crippen molar-refractivity contribution in [1.29, 1.82) is 0 Å². The van der Waals surface area contributed by atoms with Crippen molar-refractivity contribution in [3.8, 4) is 11.6 Å². The lowest BCUT2D eigenvalue weighted by molar-refractivity contribution is -0.112. The number of amides is 1. The summed E-state index contributed by atoms with van der Waals surface area (Å²) in [6, 6.07) is 22.4. The molecule has 2 heterocycles. The van der Waals surface area contributed by atoms with Crippen LogP contribution in [-0.2, 0) is 4.79 Å². The molecule has 0 atom stereocenters. The molecule has 1 aromatic heterocycles. The summed E-state index contributed by atoms with van der Waals surface area (Å²) in [5.41, 5.74) is 2.59. The number of fused-ring (bicyclic) bond motifs is 1. The maximum atomic E-state index is 12.9. The minimum atomic E-state index is -0.400. The van der Waals surface area contributed by atoms with Gasteiger partial charge in [0, 0.05) is 10.2 Å². The average Bonchev–Trinajstić information content (AvgIpc) is 3.28. The molecule has 0 spiro atoms. The summed E-state index contributed by atoms with van der Waals surface area (Å²) in [6.07, 6.45) is 0. The molecule has 0 radical (unpaired) electrons. The fraction of sp³-hybridized carbons (Fsp3) is 0.0417. The van der Waals surface area contributed by atoms with E-state index in [-0.39, 0.29) is 5.88 Å². The van der Waals surface area contributed by atoms with E-state index in [1.165, 1.54) is 11.3 Å². The molecule has 5 rings (SSSR count).